The van der Waals surface area contributed by atoms with Gasteiger partial charge in [0.05, 0.1) is 18.4 Å². The molecule has 0 spiro atoms. The molecular formula is C12H12N2O3. The van der Waals surface area contributed by atoms with Crippen molar-refractivity contribution in [2.45, 2.75) is 0 Å². The first kappa shape index (κ1) is 11.2. The number of rotatable bonds is 2. The molecule has 17 heavy (non-hydrogen) atoms. The zero-order valence-corrected chi connectivity index (χ0v) is 9.34. The lowest BCUT2D eigenvalue weighted by molar-refractivity contribution is 0.0601. The van der Waals surface area contributed by atoms with Gasteiger partial charge < -0.3 is 10.1 Å². The number of hydrogen-bond acceptors (Lipinski definition) is 3. The highest BCUT2D eigenvalue weighted by Gasteiger charge is 2.15. The molecule has 5 nitrogen and oxygen atoms in total. The lowest BCUT2D eigenvalue weighted by Gasteiger charge is -2.22. The summed E-state index contributed by atoms with van der Waals surface area (Å²) in [6.07, 6.45) is 3.54. The molecule has 0 saturated carbocycles. The van der Waals surface area contributed by atoms with Gasteiger partial charge in [-0.15, -0.1) is 0 Å². The van der Waals surface area contributed by atoms with Crippen molar-refractivity contribution in [1.82, 2.24) is 5.32 Å². The Hall–Kier alpha value is -2.30. The molecular weight excluding hydrogens is 220 g/mol. The van der Waals surface area contributed by atoms with Crippen LogP contribution in [0, 0.1) is 0 Å². The summed E-state index contributed by atoms with van der Waals surface area (Å²) < 4.78 is 4.60. The van der Waals surface area contributed by atoms with E-state index in [1.54, 1.807) is 30.5 Å². The van der Waals surface area contributed by atoms with Gasteiger partial charge in [-0.3, -0.25) is 4.90 Å². The summed E-state index contributed by atoms with van der Waals surface area (Å²) in [6, 6.07) is 6.45. The first-order valence-corrected chi connectivity index (χ1v) is 5.14. The monoisotopic (exact) mass is 232 g/mol. The number of esters is 1. The zero-order valence-electron chi connectivity index (χ0n) is 9.34. The molecule has 1 aliphatic rings. The summed E-state index contributed by atoms with van der Waals surface area (Å²) in [6.45, 7) is 0.537. The number of carbonyl (C=O) groups is 2. The van der Waals surface area contributed by atoms with Crippen molar-refractivity contribution in [3.63, 3.8) is 0 Å². The zero-order chi connectivity index (χ0) is 12.3. The first-order valence-electron chi connectivity index (χ1n) is 5.14. The second-order valence-electron chi connectivity index (χ2n) is 3.48. The van der Waals surface area contributed by atoms with E-state index in [9.17, 15) is 9.59 Å². The summed E-state index contributed by atoms with van der Waals surface area (Å²) in [5.41, 5.74) is 1.16. The predicted molar refractivity (Wildman–Crippen MR) is 62.8 cm³/mol. The van der Waals surface area contributed by atoms with Gasteiger partial charge in [0.2, 0.25) is 0 Å². The van der Waals surface area contributed by atoms with E-state index in [0.717, 1.165) is 0 Å². The number of urea groups is 1. The highest BCUT2D eigenvalue weighted by atomic mass is 16.5. The van der Waals surface area contributed by atoms with E-state index in [1.807, 2.05) is 6.08 Å². The van der Waals surface area contributed by atoms with E-state index in [-0.39, 0.29) is 6.03 Å². The summed E-state index contributed by atoms with van der Waals surface area (Å²) >= 11 is 0. The van der Waals surface area contributed by atoms with Crippen LogP contribution in [0.5, 0.6) is 0 Å². The normalized spacial score (nSPS) is 14.4. The van der Waals surface area contributed by atoms with Crippen LogP contribution < -0.4 is 10.2 Å². The van der Waals surface area contributed by atoms with Gasteiger partial charge in [-0.1, -0.05) is 0 Å². The minimum absolute atomic E-state index is 0.182. The van der Waals surface area contributed by atoms with Crippen LogP contribution in [0.1, 0.15) is 10.4 Å². The molecule has 0 radical (unpaired) electrons. The van der Waals surface area contributed by atoms with Crippen molar-refractivity contribution < 1.29 is 14.3 Å². The van der Waals surface area contributed by atoms with Crippen molar-refractivity contribution in [2.24, 2.45) is 0 Å². The second-order valence-corrected chi connectivity index (χ2v) is 3.48. The molecule has 88 valence electrons. The quantitative estimate of drug-likeness (QED) is 0.786. The van der Waals surface area contributed by atoms with E-state index < -0.39 is 5.97 Å². The van der Waals surface area contributed by atoms with Gasteiger partial charge in [-0.2, -0.15) is 0 Å². The van der Waals surface area contributed by atoms with Crippen LogP contribution in [-0.4, -0.2) is 25.7 Å². The van der Waals surface area contributed by atoms with Crippen LogP contribution in [0.4, 0.5) is 10.5 Å². The number of hydrogen-bond donors (Lipinski definition) is 1. The summed E-state index contributed by atoms with van der Waals surface area (Å²) in [4.78, 5) is 24.3. The molecule has 2 amide bonds. The van der Waals surface area contributed by atoms with Gasteiger partial charge in [0.25, 0.3) is 0 Å². The smallest absolute Gasteiger partial charge is 0.337 e. The molecule has 0 fully saturated rings. The Bertz CT molecular complexity index is 465. The number of amides is 2. The fourth-order valence-corrected chi connectivity index (χ4v) is 1.54. The molecule has 1 aromatic rings. The van der Waals surface area contributed by atoms with Crippen LogP contribution in [-0.2, 0) is 4.74 Å². The van der Waals surface area contributed by atoms with Crippen LogP contribution in [0.2, 0.25) is 0 Å². The van der Waals surface area contributed by atoms with Gasteiger partial charge in [0, 0.05) is 12.7 Å². The second kappa shape index (κ2) is 4.69. The first-order chi connectivity index (χ1) is 8.22. The molecule has 1 aromatic carbocycles. The fraction of sp³-hybridized carbons (Fsp3) is 0.167. The lowest BCUT2D eigenvalue weighted by Crippen LogP contribution is -2.39. The van der Waals surface area contributed by atoms with E-state index in [1.165, 1.54) is 12.0 Å². The van der Waals surface area contributed by atoms with Crippen LogP contribution in [0.15, 0.2) is 36.5 Å². The van der Waals surface area contributed by atoms with Gasteiger partial charge in [0.1, 0.15) is 0 Å². The van der Waals surface area contributed by atoms with Gasteiger partial charge >= 0.3 is 12.0 Å². The SMILES string of the molecule is COC(=O)c1ccc(N2C=CCNC2=O)cc1. The number of nitrogens with one attached hydrogen (secondary N) is 1. The molecule has 1 N–H and O–H groups in total. The standard InChI is InChI=1S/C12H12N2O3/c1-17-11(15)9-3-5-10(6-4-9)14-8-2-7-13-12(14)16/h2-6,8H,7H2,1H3,(H,13,16). The van der Waals surface area contributed by atoms with E-state index in [0.29, 0.717) is 17.8 Å². The number of methoxy groups -OCH3 is 1. The Morgan fingerprint density at radius 2 is 2.06 bits per heavy atom. The summed E-state index contributed by atoms with van der Waals surface area (Å²) in [7, 11) is 1.33. The minimum atomic E-state index is -0.393. The van der Waals surface area contributed by atoms with E-state index in [4.69, 9.17) is 0 Å². The van der Waals surface area contributed by atoms with Gasteiger partial charge in [0.15, 0.2) is 0 Å². The highest BCUT2D eigenvalue weighted by Crippen LogP contribution is 2.17. The van der Waals surface area contributed by atoms with Crippen LogP contribution in [0.3, 0.4) is 0 Å². The van der Waals surface area contributed by atoms with Crippen molar-refractivity contribution >= 4 is 17.7 Å². The van der Waals surface area contributed by atoms with Crippen molar-refractivity contribution in [2.75, 3.05) is 18.6 Å². The molecule has 0 aliphatic carbocycles. The van der Waals surface area contributed by atoms with Crippen LogP contribution in [0.25, 0.3) is 0 Å². The van der Waals surface area contributed by atoms with Gasteiger partial charge in [-0.05, 0) is 30.3 Å². The third-order valence-corrected chi connectivity index (χ3v) is 2.41. The van der Waals surface area contributed by atoms with E-state index >= 15 is 0 Å². The number of benzene rings is 1. The van der Waals surface area contributed by atoms with Crippen molar-refractivity contribution in [3.8, 4) is 0 Å². The number of carbonyl (C=O) groups excluding carboxylic acids is 2. The average molecular weight is 232 g/mol. The third kappa shape index (κ3) is 2.28. The highest BCUT2D eigenvalue weighted by molar-refractivity contribution is 5.96. The Morgan fingerprint density at radius 1 is 1.35 bits per heavy atom. The maximum Gasteiger partial charge on any atom is 0.337 e. The Kier molecular flexibility index (Phi) is 3.09. The maximum atomic E-state index is 11.5. The average Bonchev–Trinajstić information content (AvgIpc) is 2.39. The van der Waals surface area contributed by atoms with Crippen LogP contribution >= 0.6 is 0 Å². The molecule has 0 unspecified atom stereocenters. The molecule has 0 saturated heterocycles. The third-order valence-electron chi connectivity index (χ3n) is 2.41. The lowest BCUT2D eigenvalue weighted by atomic mass is 10.2. The number of nitrogens with zero attached hydrogens (tertiary/aromatic N) is 1. The molecule has 0 atom stereocenters. The summed E-state index contributed by atoms with van der Waals surface area (Å²) in [5, 5.41) is 2.69. The molecule has 0 aromatic heterocycles. The number of anilines is 1. The summed E-state index contributed by atoms with van der Waals surface area (Å²) in [5.74, 6) is -0.393. The molecule has 5 heteroatoms. The van der Waals surface area contributed by atoms with E-state index in [2.05, 4.69) is 10.1 Å². The molecule has 0 bridgehead atoms. The predicted octanol–water partition coefficient (Wildman–Crippen LogP) is 1.52. The fourth-order valence-electron chi connectivity index (χ4n) is 1.54. The van der Waals surface area contributed by atoms with Crippen molar-refractivity contribution in [1.29, 1.82) is 0 Å². The van der Waals surface area contributed by atoms with Gasteiger partial charge in [-0.25, -0.2) is 9.59 Å². The molecule has 1 aliphatic heterocycles. The number of ether oxygens (including phenoxy) is 1. The largest absolute Gasteiger partial charge is 0.465 e. The minimum Gasteiger partial charge on any atom is -0.465 e. The maximum absolute atomic E-state index is 11.5. The molecule has 1 heterocycles. The Morgan fingerprint density at radius 3 is 2.65 bits per heavy atom. The Labute approximate surface area is 98.7 Å². The molecule has 2 rings (SSSR count). The topological polar surface area (TPSA) is 58.6 Å². The Balaban J connectivity index is 2.23. The van der Waals surface area contributed by atoms with Crippen molar-refractivity contribution in [3.05, 3.63) is 42.1 Å².